The number of carboxylic acids is 2. The van der Waals surface area contributed by atoms with Gasteiger partial charge < -0.3 is 26.0 Å². The second-order valence-electron chi connectivity index (χ2n) is 5.67. The van der Waals surface area contributed by atoms with Crippen molar-refractivity contribution in [1.29, 1.82) is 0 Å². The molecule has 0 fully saturated rings. The molecule has 0 saturated carbocycles. The molecule has 0 aliphatic rings. The number of aromatic hydroxyl groups is 1. The molecule has 0 atom stereocenters. The Morgan fingerprint density at radius 2 is 1.33 bits per heavy atom. The van der Waals surface area contributed by atoms with Gasteiger partial charge in [-0.25, -0.2) is 0 Å². The normalized spacial score (nSPS) is 9.77. The number of nitrogens with one attached hydrogen (secondary N) is 2. The summed E-state index contributed by atoms with van der Waals surface area (Å²) >= 11 is 0. The summed E-state index contributed by atoms with van der Waals surface area (Å²) in [6, 6.07) is 0. The van der Waals surface area contributed by atoms with E-state index in [1.54, 1.807) is 4.90 Å². The molecule has 1 aromatic carbocycles. The summed E-state index contributed by atoms with van der Waals surface area (Å²) in [4.78, 5) is 56.3. The van der Waals surface area contributed by atoms with Crippen LogP contribution in [0.15, 0.2) is 9.59 Å². The molecule has 0 radical (unpaired) electrons. The van der Waals surface area contributed by atoms with E-state index in [4.69, 9.17) is 15.3 Å². The molecular formula is C18H34N4O8. The minimum atomic E-state index is -1.02. The number of carboxylic acid groups (broad SMARTS) is 2. The number of rotatable bonds is 11. The predicted molar refractivity (Wildman–Crippen MR) is 114 cm³/mol. The van der Waals surface area contributed by atoms with E-state index in [1.165, 1.54) is 19.0 Å². The van der Waals surface area contributed by atoms with Gasteiger partial charge in [-0.05, 0) is 6.54 Å². The van der Waals surface area contributed by atoms with E-state index in [2.05, 4.69) is 10.6 Å². The number of carbonyl (C=O) groups is 3. The molecule has 0 bridgehead atoms. The maximum absolute atomic E-state index is 11.2. The van der Waals surface area contributed by atoms with Crippen molar-refractivity contribution < 1.29 is 29.7 Å². The fourth-order valence-electron chi connectivity index (χ4n) is 2.12. The number of anilines is 1. The maximum atomic E-state index is 11.2. The minimum absolute atomic E-state index is 0. The Morgan fingerprint density at radius 1 is 0.867 bits per heavy atom. The van der Waals surface area contributed by atoms with Crippen molar-refractivity contribution in [2.24, 2.45) is 0 Å². The molecule has 0 saturated heterocycles. The average molecular weight is 434 g/mol. The van der Waals surface area contributed by atoms with Crippen LogP contribution in [0.1, 0.15) is 21.8 Å². The van der Waals surface area contributed by atoms with Crippen LogP contribution in [0.2, 0.25) is 0 Å². The van der Waals surface area contributed by atoms with E-state index < -0.39 is 28.5 Å². The number of amides is 1. The minimum Gasteiger partial charge on any atom is -0.502 e. The third kappa shape index (κ3) is 11.1. The average Bonchev–Trinajstić information content (AvgIpc) is 2.64. The first-order valence-electron chi connectivity index (χ1n) is 8.36. The van der Waals surface area contributed by atoms with E-state index in [0.717, 1.165) is 0 Å². The summed E-state index contributed by atoms with van der Waals surface area (Å²) in [5, 5.41) is 30.9. The van der Waals surface area contributed by atoms with Gasteiger partial charge in [0.05, 0.1) is 19.6 Å². The first-order valence-corrected chi connectivity index (χ1v) is 8.36. The van der Waals surface area contributed by atoms with Crippen molar-refractivity contribution in [3.8, 4) is 5.75 Å². The van der Waals surface area contributed by atoms with Crippen LogP contribution in [0.25, 0.3) is 0 Å². The first-order chi connectivity index (χ1) is 13.1. The summed E-state index contributed by atoms with van der Waals surface area (Å²) in [5.74, 6) is -2.69. The van der Waals surface area contributed by atoms with Gasteiger partial charge >= 0.3 is 11.9 Å². The van der Waals surface area contributed by atoms with E-state index in [1.807, 2.05) is 6.92 Å². The molecule has 174 valence electrons. The topological polar surface area (TPSA) is 177 Å². The monoisotopic (exact) mass is 434 g/mol. The molecule has 0 aliphatic heterocycles. The molecule has 1 amide bonds. The van der Waals surface area contributed by atoms with Crippen LogP contribution in [-0.4, -0.2) is 96.3 Å². The summed E-state index contributed by atoms with van der Waals surface area (Å²) in [6.45, 7) is 2.72. The van der Waals surface area contributed by atoms with Crippen molar-refractivity contribution in [2.75, 3.05) is 58.7 Å². The van der Waals surface area contributed by atoms with Gasteiger partial charge in [0.2, 0.25) is 5.91 Å². The van der Waals surface area contributed by atoms with Crippen LogP contribution in [0.4, 0.5) is 5.69 Å². The summed E-state index contributed by atoms with van der Waals surface area (Å²) < 4.78 is 0. The third-order valence-corrected chi connectivity index (χ3v) is 3.68. The van der Waals surface area contributed by atoms with Gasteiger partial charge in [-0.2, -0.15) is 0 Å². The van der Waals surface area contributed by atoms with Gasteiger partial charge in [0.15, 0.2) is 5.75 Å². The largest absolute Gasteiger partial charge is 0.502 e. The van der Waals surface area contributed by atoms with E-state index >= 15 is 0 Å². The highest BCUT2D eigenvalue weighted by atomic mass is 16.4. The lowest BCUT2D eigenvalue weighted by Gasteiger charge is -2.24. The number of carbonyl (C=O) groups excluding carboxylic acids is 1. The number of nitrogens with zero attached hydrogens (tertiary/aromatic N) is 2. The van der Waals surface area contributed by atoms with Crippen LogP contribution in [0, 0.1) is 0 Å². The Bertz CT molecular complexity index is 743. The highest BCUT2D eigenvalue weighted by Crippen LogP contribution is 2.12. The molecule has 1 rings (SSSR count). The molecule has 0 heterocycles. The Kier molecular flexibility index (Phi) is 16.8. The van der Waals surface area contributed by atoms with Gasteiger partial charge in [0, 0.05) is 27.2 Å². The van der Waals surface area contributed by atoms with E-state index in [9.17, 15) is 24.0 Å². The van der Waals surface area contributed by atoms with Gasteiger partial charge in [-0.3, -0.25) is 33.8 Å². The molecule has 12 nitrogen and oxygen atoms in total. The van der Waals surface area contributed by atoms with Crippen LogP contribution in [-0.2, 0) is 14.4 Å². The predicted octanol–water partition coefficient (Wildman–Crippen LogP) is -1.17. The zero-order chi connectivity index (χ0) is 21.9. The molecule has 0 spiro atoms. The zero-order valence-electron chi connectivity index (χ0n) is 16.0. The Balaban J connectivity index is -0.000000558. The van der Waals surface area contributed by atoms with Crippen LogP contribution >= 0.6 is 0 Å². The Labute approximate surface area is 175 Å². The summed E-state index contributed by atoms with van der Waals surface area (Å²) in [6.07, 6.45) is 0. The number of hydrogen-bond donors (Lipinski definition) is 5. The Hall–Kier alpha value is -2.99. The van der Waals surface area contributed by atoms with Gasteiger partial charge in [-0.1, -0.05) is 21.8 Å². The lowest BCUT2D eigenvalue weighted by molar-refractivity contribution is -0.140. The second-order valence-corrected chi connectivity index (χ2v) is 5.67. The van der Waals surface area contributed by atoms with Crippen molar-refractivity contribution in [3.05, 3.63) is 20.4 Å². The summed E-state index contributed by atoms with van der Waals surface area (Å²) in [7, 11) is 2.94. The van der Waals surface area contributed by atoms with Gasteiger partial charge in [0.25, 0.3) is 10.9 Å². The highest BCUT2D eigenvalue weighted by Gasteiger charge is 2.17. The van der Waals surface area contributed by atoms with Crippen molar-refractivity contribution in [3.63, 3.8) is 0 Å². The molecule has 5 N–H and O–H groups in total. The van der Waals surface area contributed by atoms with Crippen LogP contribution in [0.5, 0.6) is 5.75 Å². The Morgan fingerprint density at radius 3 is 1.67 bits per heavy atom. The van der Waals surface area contributed by atoms with Gasteiger partial charge in [-0.15, -0.1) is 0 Å². The van der Waals surface area contributed by atoms with E-state index in [-0.39, 0.29) is 46.1 Å². The lowest BCUT2D eigenvalue weighted by Crippen LogP contribution is -2.43. The summed E-state index contributed by atoms with van der Waals surface area (Å²) in [5.41, 5.74) is -1.44. The molecule has 30 heavy (non-hydrogen) atoms. The quantitative estimate of drug-likeness (QED) is 0.265. The molecular weight excluding hydrogens is 400 g/mol. The maximum Gasteiger partial charge on any atom is 0.317 e. The third-order valence-electron chi connectivity index (χ3n) is 3.68. The van der Waals surface area contributed by atoms with Crippen molar-refractivity contribution >= 4 is 23.5 Å². The SMILES string of the molecule is C.C.CCN(CCN(CC(=O)O)CC(=O)NC)CC(=O)O.CNc1c(O)c(=O)c1=O. The van der Waals surface area contributed by atoms with Gasteiger partial charge in [0.1, 0.15) is 5.69 Å². The zero-order valence-corrected chi connectivity index (χ0v) is 16.0. The van der Waals surface area contributed by atoms with E-state index in [0.29, 0.717) is 19.6 Å². The second kappa shape index (κ2) is 15.9. The number of hydrogen-bond acceptors (Lipinski definition) is 9. The molecule has 0 aromatic heterocycles. The fraction of sp³-hybridized carbons (Fsp3) is 0.611. The number of likely N-dealkylation sites (N-methyl/N-ethyl adjacent to an activating group) is 2. The molecule has 1 aromatic rings. The highest BCUT2D eigenvalue weighted by molar-refractivity contribution is 5.78. The van der Waals surface area contributed by atoms with Crippen molar-refractivity contribution in [2.45, 2.75) is 21.8 Å². The number of aliphatic carboxylic acids is 2. The molecule has 0 aliphatic carbocycles. The van der Waals surface area contributed by atoms with Crippen LogP contribution < -0.4 is 21.5 Å². The molecule has 0 unspecified atom stereocenters. The first kappa shape index (κ1) is 31.7. The molecule has 12 heteroatoms. The fourth-order valence-corrected chi connectivity index (χ4v) is 2.12. The lowest BCUT2D eigenvalue weighted by atomic mass is 10.2. The standard InChI is InChI=1S/C11H21N3O5.C5H5NO3.2CH4/c1-3-13(7-10(16)17)4-5-14(8-11(18)19)6-9(15)12-2;1-6-2-3(7)5(9)4(2)8;;/h3-8H2,1-2H3,(H,12,15)(H,16,17)(H,18,19);6-7H,1H3;2*1H4. The smallest absolute Gasteiger partial charge is 0.317 e. The van der Waals surface area contributed by atoms with Crippen molar-refractivity contribution in [1.82, 2.24) is 15.1 Å². The van der Waals surface area contributed by atoms with Crippen LogP contribution in [0.3, 0.4) is 0 Å².